The highest BCUT2D eigenvalue weighted by molar-refractivity contribution is 5.89. The predicted molar refractivity (Wildman–Crippen MR) is 85.0 cm³/mol. The quantitative estimate of drug-likeness (QED) is 0.914. The van der Waals surface area contributed by atoms with Crippen molar-refractivity contribution < 1.29 is 23.0 Å². The lowest BCUT2D eigenvalue weighted by Gasteiger charge is -2.39. The molecule has 2 aliphatic heterocycles. The molecule has 0 aliphatic carbocycles. The lowest BCUT2D eigenvalue weighted by atomic mass is 9.90. The molecule has 5 nitrogen and oxygen atoms in total. The number of amides is 2. The van der Waals surface area contributed by atoms with Crippen LogP contribution in [0.5, 0.6) is 0 Å². The second-order valence-corrected chi connectivity index (χ2v) is 6.35. The predicted octanol–water partition coefficient (Wildman–Crippen LogP) is 3.63. The molecule has 0 spiro atoms. The number of hydrogen-bond donors (Lipinski definition) is 1. The number of anilines is 1. The van der Waals surface area contributed by atoms with Crippen LogP contribution in [0.4, 0.5) is 19.3 Å². The van der Waals surface area contributed by atoms with Gasteiger partial charge in [0.15, 0.2) is 5.79 Å². The van der Waals surface area contributed by atoms with Crippen molar-refractivity contribution >= 4 is 11.7 Å². The van der Waals surface area contributed by atoms with E-state index in [1.54, 1.807) is 11.0 Å². The molecule has 0 radical (unpaired) electrons. The molecule has 3 rings (SSSR count). The average Bonchev–Trinajstić information content (AvgIpc) is 3.03. The van der Waals surface area contributed by atoms with Gasteiger partial charge >= 0.3 is 6.03 Å². The van der Waals surface area contributed by atoms with Gasteiger partial charge in [-0.25, -0.2) is 13.6 Å². The smallest absolute Gasteiger partial charge is 0.321 e. The normalized spacial score (nSPS) is 23.5. The molecule has 1 aromatic carbocycles. The molecular formula is C17H22F2N2O3. The van der Waals surface area contributed by atoms with Crippen LogP contribution in [0, 0.1) is 5.92 Å². The molecule has 2 amide bonds. The fourth-order valence-corrected chi connectivity index (χ4v) is 3.31. The van der Waals surface area contributed by atoms with Crippen molar-refractivity contribution in [3.8, 4) is 0 Å². The summed E-state index contributed by atoms with van der Waals surface area (Å²) >= 11 is 0. The van der Waals surface area contributed by atoms with Crippen molar-refractivity contribution in [2.75, 3.05) is 31.6 Å². The molecule has 0 aromatic heterocycles. The second-order valence-electron chi connectivity index (χ2n) is 6.35. The fraction of sp³-hybridized carbons (Fsp3) is 0.588. The molecule has 2 fully saturated rings. The van der Waals surface area contributed by atoms with E-state index in [4.69, 9.17) is 9.47 Å². The number of nitrogens with one attached hydrogen (secondary N) is 1. The first kappa shape index (κ1) is 17.1. The number of alkyl halides is 2. The van der Waals surface area contributed by atoms with E-state index in [0.29, 0.717) is 32.0 Å². The van der Waals surface area contributed by atoms with Gasteiger partial charge in [-0.1, -0.05) is 12.1 Å². The monoisotopic (exact) mass is 340 g/mol. The molecule has 1 N–H and O–H groups in total. The maximum absolute atomic E-state index is 12.8. The molecule has 2 heterocycles. The Labute approximate surface area is 139 Å². The fourth-order valence-electron chi connectivity index (χ4n) is 3.31. The van der Waals surface area contributed by atoms with Gasteiger partial charge in [0.25, 0.3) is 6.43 Å². The molecule has 0 saturated carbocycles. The van der Waals surface area contributed by atoms with Crippen LogP contribution in [0.15, 0.2) is 24.3 Å². The Bertz CT molecular complexity index is 591. The lowest BCUT2D eigenvalue weighted by Crippen LogP contribution is -2.49. The number of halogens is 2. The molecule has 132 valence electrons. The van der Waals surface area contributed by atoms with E-state index >= 15 is 0 Å². The van der Waals surface area contributed by atoms with E-state index in [0.717, 1.165) is 12.8 Å². The van der Waals surface area contributed by atoms with Crippen molar-refractivity contribution in [3.05, 3.63) is 29.8 Å². The highest BCUT2D eigenvalue weighted by Crippen LogP contribution is 2.34. The van der Waals surface area contributed by atoms with Crippen molar-refractivity contribution in [2.24, 2.45) is 5.92 Å². The van der Waals surface area contributed by atoms with E-state index in [1.165, 1.54) is 18.2 Å². The first-order valence-corrected chi connectivity index (χ1v) is 8.20. The van der Waals surface area contributed by atoms with E-state index in [-0.39, 0.29) is 17.5 Å². The van der Waals surface area contributed by atoms with Crippen LogP contribution in [0.3, 0.4) is 0 Å². The largest absolute Gasteiger partial charge is 0.347 e. The van der Waals surface area contributed by atoms with Crippen LogP contribution in [0.1, 0.15) is 31.8 Å². The Morgan fingerprint density at radius 1 is 1.38 bits per heavy atom. The highest BCUT2D eigenvalue weighted by atomic mass is 19.3. The zero-order chi connectivity index (χ0) is 17.2. The summed E-state index contributed by atoms with van der Waals surface area (Å²) in [6.45, 7) is 4.21. The summed E-state index contributed by atoms with van der Waals surface area (Å²) in [6.07, 6.45) is -0.767. The van der Waals surface area contributed by atoms with Crippen LogP contribution < -0.4 is 5.32 Å². The lowest BCUT2D eigenvalue weighted by molar-refractivity contribution is -0.189. The SMILES string of the molecule is CC1([C@H]2CCCN(C(=O)Nc3cccc(C(F)F)c3)C2)OCCO1. The van der Waals surface area contributed by atoms with Gasteiger partial charge < -0.3 is 19.7 Å². The molecular weight excluding hydrogens is 318 g/mol. The summed E-state index contributed by atoms with van der Waals surface area (Å²) in [4.78, 5) is 14.2. The number of piperidine rings is 1. The molecule has 0 unspecified atom stereocenters. The Kier molecular flexibility index (Phi) is 5.01. The number of ether oxygens (including phenoxy) is 2. The Morgan fingerprint density at radius 3 is 2.83 bits per heavy atom. The molecule has 1 aromatic rings. The van der Waals surface area contributed by atoms with Crippen molar-refractivity contribution in [1.29, 1.82) is 0 Å². The van der Waals surface area contributed by atoms with E-state index in [2.05, 4.69) is 5.32 Å². The standard InChI is InChI=1S/C17H22F2N2O3/c1-17(23-8-9-24-17)13-5-3-7-21(11-13)16(22)20-14-6-2-4-12(10-14)15(18)19/h2,4,6,10,13,15H,3,5,7-9,11H2,1H3,(H,20,22)/t13-/m0/s1. The molecule has 7 heteroatoms. The minimum Gasteiger partial charge on any atom is -0.347 e. The summed E-state index contributed by atoms with van der Waals surface area (Å²) < 4.78 is 36.9. The van der Waals surface area contributed by atoms with E-state index in [1.807, 2.05) is 6.92 Å². The molecule has 2 aliphatic rings. The number of urea groups is 1. The van der Waals surface area contributed by atoms with Crippen LogP contribution >= 0.6 is 0 Å². The van der Waals surface area contributed by atoms with Crippen LogP contribution in [-0.2, 0) is 9.47 Å². The number of hydrogen-bond acceptors (Lipinski definition) is 3. The van der Waals surface area contributed by atoms with Gasteiger partial charge in [0, 0.05) is 30.3 Å². The Hall–Kier alpha value is -1.73. The minimum absolute atomic E-state index is 0.104. The number of carbonyl (C=O) groups excluding carboxylic acids is 1. The second kappa shape index (κ2) is 7.03. The van der Waals surface area contributed by atoms with E-state index in [9.17, 15) is 13.6 Å². The van der Waals surface area contributed by atoms with Gasteiger partial charge in [-0.2, -0.15) is 0 Å². The Morgan fingerprint density at radius 2 is 2.12 bits per heavy atom. The van der Waals surface area contributed by atoms with Crippen molar-refractivity contribution in [1.82, 2.24) is 4.90 Å². The third-order valence-electron chi connectivity index (χ3n) is 4.70. The van der Waals surface area contributed by atoms with Gasteiger partial charge in [-0.05, 0) is 31.9 Å². The van der Waals surface area contributed by atoms with Gasteiger partial charge in [0.1, 0.15) is 0 Å². The summed E-state index contributed by atoms with van der Waals surface area (Å²) in [5.74, 6) is -0.541. The number of carbonyl (C=O) groups is 1. The van der Waals surface area contributed by atoms with Gasteiger partial charge in [-0.3, -0.25) is 0 Å². The summed E-state index contributed by atoms with van der Waals surface area (Å²) in [5, 5.41) is 2.70. The maximum Gasteiger partial charge on any atom is 0.321 e. The number of likely N-dealkylation sites (tertiary alicyclic amines) is 1. The average molecular weight is 340 g/mol. The maximum atomic E-state index is 12.8. The number of benzene rings is 1. The van der Waals surface area contributed by atoms with Gasteiger partial charge in [-0.15, -0.1) is 0 Å². The molecule has 24 heavy (non-hydrogen) atoms. The van der Waals surface area contributed by atoms with Gasteiger partial charge in [0.2, 0.25) is 0 Å². The van der Waals surface area contributed by atoms with Crippen LogP contribution in [0.2, 0.25) is 0 Å². The highest BCUT2D eigenvalue weighted by Gasteiger charge is 2.42. The molecule has 0 bridgehead atoms. The molecule has 1 atom stereocenters. The zero-order valence-corrected chi connectivity index (χ0v) is 13.6. The van der Waals surface area contributed by atoms with E-state index < -0.39 is 12.2 Å². The third kappa shape index (κ3) is 3.67. The summed E-state index contributed by atoms with van der Waals surface area (Å²) in [7, 11) is 0. The van der Waals surface area contributed by atoms with Gasteiger partial charge in [0.05, 0.1) is 13.2 Å². The summed E-state index contributed by atoms with van der Waals surface area (Å²) in [5.41, 5.74) is 0.268. The summed E-state index contributed by atoms with van der Waals surface area (Å²) in [6, 6.07) is 5.47. The topological polar surface area (TPSA) is 50.8 Å². The third-order valence-corrected chi connectivity index (χ3v) is 4.70. The number of rotatable bonds is 3. The van der Waals surface area contributed by atoms with Crippen molar-refractivity contribution in [3.63, 3.8) is 0 Å². The zero-order valence-electron chi connectivity index (χ0n) is 13.6. The minimum atomic E-state index is -2.56. The molecule has 2 saturated heterocycles. The Balaban J connectivity index is 1.63. The van der Waals surface area contributed by atoms with Crippen LogP contribution in [0.25, 0.3) is 0 Å². The first-order chi connectivity index (χ1) is 11.5. The van der Waals surface area contributed by atoms with Crippen molar-refractivity contribution in [2.45, 2.75) is 32.0 Å². The number of nitrogens with zero attached hydrogens (tertiary/aromatic N) is 1. The first-order valence-electron chi connectivity index (χ1n) is 8.20. The van der Waals surface area contributed by atoms with Crippen LogP contribution in [-0.4, -0.2) is 43.0 Å².